The summed E-state index contributed by atoms with van der Waals surface area (Å²) in [5.41, 5.74) is 0.949. The number of amides is 1. The Labute approximate surface area is 193 Å². The van der Waals surface area contributed by atoms with Crippen molar-refractivity contribution in [3.05, 3.63) is 77.9 Å². The average molecular weight is 466 g/mol. The van der Waals surface area contributed by atoms with E-state index in [1.54, 1.807) is 35.2 Å². The molecule has 9 heteroatoms. The second-order valence-electron chi connectivity index (χ2n) is 8.66. The molecule has 1 saturated heterocycles. The van der Waals surface area contributed by atoms with Crippen LogP contribution in [0.1, 0.15) is 36.1 Å². The van der Waals surface area contributed by atoms with E-state index in [9.17, 15) is 13.2 Å². The highest BCUT2D eigenvalue weighted by Crippen LogP contribution is 2.38. The minimum atomic E-state index is -3.77. The van der Waals surface area contributed by atoms with Crippen molar-refractivity contribution in [2.24, 2.45) is 5.92 Å². The van der Waals surface area contributed by atoms with Crippen LogP contribution in [-0.2, 0) is 27.9 Å². The van der Waals surface area contributed by atoms with Crippen molar-refractivity contribution in [3.8, 4) is 0 Å². The highest BCUT2D eigenvalue weighted by atomic mass is 32.2. The van der Waals surface area contributed by atoms with Gasteiger partial charge in [0.2, 0.25) is 15.9 Å². The molecule has 2 unspecified atom stereocenters. The highest BCUT2D eigenvalue weighted by molar-refractivity contribution is 7.89. The van der Waals surface area contributed by atoms with E-state index in [0.717, 1.165) is 17.2 Å². The molecule has 8 nitrogen and oxygen atoms in total. The molecule has 0 radical (unpaired) electrons. The molecule has 2 aromatic carbocycles. The van der Waals surface area contributed by atoms with Crippen molar-refractivity contribution in [3.63, 3.8) is 0 Å². The fourth-order valence-electron chi connectivity index (χ4n) is 4.89. The minimum absolute atomic E-state index is 0.0123. The van der Waals surface area contributed by atoms with Gasteiger partial charge in [0.05, 0.1) is 23.4 Å². The number of nitrogens with zero attached hydrogens (tertiary/aromatic N) is 5. The van der Waals surface area contributed by atoms with Crippen LogP contribution in [0.3, 0.4) is 0 Å². The molecule has 2 atom stereocenters. The Morgan fingerprint density at radius 3 is 2.36 bits per heavy atom. The van der Waals surface area contributed by atoms with Gasteiger partial charge < -0.3 is 9.47 Å². The number of carbonyl (C=O) groups is 1. The van der Waals surface area contributed by atoms with Crippen molar-refractivity contribution in [1.29, 1.82) is 0 Å². The summed E-state index contributed by atoms with van der Waals surface area (Å²) in [4.78, 5) is 15.5. The maximum absolute atomic E-state index is 13.7. The molecule has 33 heavy (non-hydrogen) atoms. The highest BCUT2D eigenvalue weighted by Gasteiger charge is 2.41. The normalized spacial score (nSPS) is 21.5. The number of aromatic nitrogens is 3. The average Bonchev–Trinajstić information content (AvgIpc) is 3.24. The quantitative estimate of drug-likeness (QED) is 0.591. The van der Waals surface area contributed by atoms with Crippen molar-refractivity contribution < 1.29 is 13.2 Å². The Morgan fingerprint density at radius 2 is 1.64 bits per heavy atom. The SMILES string of the molecule is Cc1nnc2n1CCN(C(=O)C1CCC(c3ccccc3)N(S(=O)(=O)c3ccccc3)C1)C2. The van der Waals surface area contributed by atoms with Crippen LogP contribution in [0.25, 0.3) is 0 Å². The van der Waals surface area contributed by atoms with Crippen molar-refractivity contribution in [1.82, 2.24) is 24.0 Å². The van der Waals surface area contributed by atoms with Gasteiger partial charge in [-0.1, -0.05) is 48.5 Å². The molecule has 3 aromatic rings. The maximum Gasteiger partial charge on any atom is 0.243 e. The summed E-state index contributed by atoms with van der Waals surface area (Å²) in [6.45, 7) is 3.72. The molecular weight excluding hydrogens is 438 g/mol. The molecule has 0 aliphatic carbocycles. The summed E-state index contributed by atoms with van der Waals surface area (Å²) < 4.78 is 30.9. The minimum Gasteiger partial charge on any atom is -0.333 e. The van der Waals surface area contributed by atoms with Gasteiger partial charge in [0.1, 0.15) is 5.82 Å². The number of carbonyl (C=O) groups excluding carboxylic acids is 1. The zero-order chi connectivity index (χ0) is 23.0. The standard InChI is InChI=1S/C24H27N5O3S/c1-18-25-26-23-17-27(14-15-28(18)23)24(30)20-12-13-22(19-8-4-2-5-9-19)29(16-20)33(31,32)21-10-6-3-7-11-21/h2-11,20,22H,12-17H2,1H3. The van der Waals surface area contributed by atoms with Crippen LogP contribution in [0.5, 0.6) is 0 Å². The van der Waals surface area contributed by atoms with E-state index in [-0.39, 0.29) is 29.3 Å². The van der Waals surface area contributed by atoms with Crippen molar-refractivity contribution >= 4 is 15.9 Å². The van der Waals surface area contributed by atoms with Gasteiger partial charge in [-0.3, -0.25) is 4.79 Å². The monoisotopic (exact) mass is 465 g/mol. The first-order chi connectivity index (χ1) is 15.9. The van der Waals surface area contributed by atoms with E-state index in [4.69, 9.17) is 0 Å². The van der Waals surface area contributed by atoms with E-state index in [0.29, 0.717) is 32.5 Å². The van der Waals surface area contributed by atoms with Gasteiger partial charge in [-0.25, -0.2) is 8.42 Å². The van der Waals surface area contributed by atoms with Crippen molar-refractivity contribution in [2.75, 3.05) is 13.1 Å². The predicted molar refractivity (Wildman–Crippen MR) is 122 cm³/mol. The summed E-state index contributed by atoms with van der Waals surface area (Å²) in [6, 6.07) is 17.9. The van der Waals surface area contributed by atoms with E-state index in [1.165, 1.54) is 4.31 Å². The van der Waals surface area contributed by atoms with Gasteiger partial charge >= 0.3 is 0 Å². The maximum atomic E-state index is 13.7. The third kappa shape index (κ3) is 4.06. The molecule has 172 valence electrons. The van der Waals surface area contributed by atoms with Crippen LogP contribution in [-0.4, -0.2) is 51.4 Å². The van der Waals surface area contributed by atoms with Crippen LogP contribution in [0.2, 0.25) is 0 Å². The first-order valence-corrected chi connectivity index (χ1v) is 12.7. The molecule has 1 amide bonds. The van der Waals surface area contributed by atoms with Crippen LogP contribution >= 0.6 is 0 Å². The number of aryl methyl sites for hydroxylation is 1. The number of benzene rings is 2. The molecule has 0 spiro atoms. The molecule has 1 aromatic heterocycles. The van der Waals surface area contributed by atoms with Crippen LogP contribution in [0.4, 0.5) is 0 Å². The Bertz CT molecular complexity index is 1240. The molecule has 2 aliphatic heterocycles. The van der Waals surface area contributed by atoms with Gasteiger partial charge in [-0.2, -0.15) is 4.31 Å². The van der Waals surface area contributed by atoms with Crippen LogP contribution in [0.15, 0.2) is 65.6 Å². The Kier molecular flexibility index (Phi) is 5.76. The lowest BCUT2D eigenvalue weighted by molar-refractivity contribution is -0.138. The molecule has 5 rings (SSSR count). The topological polar surface area (TPSA) is 88.4 Å². The van der Waals surface area contributed by atoms with Gasteiger partial charge in [-0.05, 0) is 37.5 Å². The first kappa shape index (κ1) is 21.8. The van der Waals surface area contributed by atoms with E-state index < -0.39 is 10.0 Å². The number of rotatable bonds is 4. The lowest BCUT2D eigenvalue weighted by atomic mass is 9.90. The molecule has 0 N–H and O–H groups in total. The van der Waals surface area contributed by atoms with Gasteiger partial charge in [0.15, 0.2) is 5.82 Å². The largest absolute Gasteiger partial charge is 0.333 e. The molecule has 2 aliphatic rings. The predicted octanol–water partition coefficient (Wildman–Crippen LogP) is 2.77. The Hall–Kier alpha value is -3.04. The van der Waals surface area contributed by atoms with Gasteiger partial charge in [0.25, 0.3) is 0 Å². The zero-order valence-electron chi connectivity index (χ0n) is 18.5. The van der Waals surface area contributed by atoms with E-state index in [2.05, 4.69) is 10.2 Å². The number of hydrogen-bond acceptors (Lipinski definition) is 5. The summed E-state index contributed by atoms with van der Waals surface area (Å²) in [5.74, 6) is 1.22. The molecular formula is C24H27N5O3S. The van der Waals surface area contributed by atoms with E-state index in [1.807, 2.05) is 41.8 Å². The number of sulfonamides is 1. The number of hydrogen-bond donors (Lipinski definition) is 0. The van der Waals surface area contributed by atoms with Gasteiger partial charge in [-0.15, -0.1) is 10.2 Å². The smallest absolute Gasteiger partial charge is 0.243 e. The third-order valence-corrected chi connectivity index (χ3v) is 8.56. The van der Waals surface area contributed by atoms with Crippen molar-refractivity contribution in [2.45, 2.75) is 43.8 Å². The summed E-state index contributed by atoms with van der Waals surface area (Å²) >= 11 is 0. The fraction of sp³-hybridized carbons (Fsp3) is 0.375. The first-order valence-electron chi connectivity index (χ1n) is 11.2. The fourth-order valence-corrected chi connectivity index (χ4v) is 6.60. The van der Waals surface area contributed by atoms with Crippen LogP contribution in [0, 0.1) is 12.8 Å². The summed E-state index contributed by atoms with van der Waals surface area (Å²) in [6.07, 6.45) is 1.23. The molecule has 3 heterocycles. The van der Waals surface area contributed by atoms with Gasteiger partial charge in [0, 0.05) is 19.6 Å². The number of piperidine rings is 1. The number of fused-ring (bicyclic) bond motifs is 1. The lowest BCUT2D eigenvalue weighted by Crippen LogP contribution is -2.49. The summed E-state index contributed by atoms with van der Waals surface area (Å²) in [7, 11) is -3.77. The molecule has 0 bridgehead atoms. The molecule has 1 fully saturated rings. The van der Waals surface area contributed by atoms with E-state index >= 15 is 0 Å². The second kappa shape index (κ2) is 8.72. The lowest BCUT2D eigenvalue weighted by Gasteiger charge is -2.40. The zero-order valence-corrected chi connectivity index (χ0v) is 19.4. The third-order valence-electron chi connectivity index (χ3n) is 6.67. The molecule has 0 saturated carbocycles. The summed E-state index contributed by atoms with van der Waals surface area (Å²) in [5, 5.41) is 8.31. The Balaban J connectivity index is 1.42. The second-order valence-corrected chi connectivity index (χ2v) is 10.6. The van der Waals surface area contributed by atoms with Crippen LogP contribution < -0.4 is 0 Å². The Morgan fingerprint density at radius 1 is 0.939 bits per heavy atom.